The lowest BCUT2D eigenvalue weighted by Gasteiger charge is -2.17. The van der Waals surface area contributed by atoms with Gasteiger partial charge < -0.3 is 10.1 Å². The van der Waals surface area contributed by atoms with Gasteiger partial charge in [0.25, 0.3) is 0 Å². The maximum absolute atomic E-state index is 8.49. The maximum Gasteiger partial charge on any atom is 0.239 e. The summed E-state index contributed by atoms with van der Waals surface area (Å²) in [5.41, 5.74) is 3.97. The van der Waals surface area contributed by atoms with Gasteiger partial charge in [-0.2, -0.15) is 0 Å². The van der Waals surface area contributed by atoms with E-state index in [2.05, 4.69) is 49.1 Å². The fourth-order valence-corrected chi connectivity index (χ4v) is 4.29. The van der Waals surface area contributed by atoms with Crippen LogP contribution in [0.4, 0.5) is 0 Å². The van der Waals surface area contributed by atoms with Gasteiger partial charge in [0.2, 0.25) is 5.52 Å². The summed E-state index contributed by atoms with van der Waals surface area (Å²) in [6, 6.07) is 12.2. The van der Waals surface area contributed by atoms with Gasteiger partial charge in [-0.05, 0) is 53.2 Å². The van der Waals surface area contributed by atoms with Crippen LogP contribution in [0, 0.1) is 10.2 Å². The van der Waals surface area contributed by atoms with Crippen LogP contribution in [0.5, 0.6) is 0 Å². The number of fused-ring (bicyclic) bond motifs is 6. The highest BCUT2D eigenvalue weighted by Crippen LogP contribution is 2.35. The average molecular weight is 528 g/mol. The molecule has 0 amide bonds. The van der Waals surface area contributed by atoms with Crippen LogP contribution in [-0.4, -0.2) is 26.7 Å². The van der Waals surface area contributed by atoms with E-state index < -0.39 is 10.2 Å². The van der Waals surface area contributed by atoms with E-state index in [4.69, 9.17) is 28.7 Å². The third kappa shape index (κ3) is 5.73. The van der Waals surface area contributed by atoms with E-state index in [-0.39, 0.29) is 6.61 Å². The molecule has 0 aliphatic heterocycles. The van der Waals surface area contributed by atoms with Gasteiger partial charge in [-0.3, -0.25) is 0 Å². The first-order valence-corrected chi connectivity index (χ1v) is 11.6. The van der Waals surface area contributed by atoms with Crippen molar-refractivity contribution in [2.45, 2.75) is 6.92 Å². The van der Waals surface area contributed by atoms with Gasteiger partial charge in [-0.25, -0.2) is 33.6 Å². The first kappa shape index (κ1) is 23.4. The lowest BCUT2D eigenvalue weighted by Crippen LogP contribution is -2.68. The largest absolute Gasteiger partial charge is 0.397 e. The number of aliphatic hydroxyl groups excluding tert-OH is 1. The maximum atomic E-state index is 8.49. The second kappa shape index (κ2) is 9.94. The lowest BCUT2D eigenvalue weighted by atomic mass is 10.1. The number of hydrogen-bond acceptors (Lipinski definition) is 8. The van der Waals surface area contributed by atoms with Crippen molar-refractivity contribution in [2.24, 2.45) is 0 Å². The summed E-state index contributed by atoms with van der Waals surface area (Å²) in [4.78, 5) is 17.3. The topological polar surface area (TPSA) is 168 Å². The Kier molecular flexibility index (Phi) is 7.51. The molecule has 0 bridgehead atoms. The first-order valence-electron chi connectivity index (χ1n) is 8.78. The quantitative estimate of drug-likeness (QED) is 0.285. The number of imidazole rings is 1. The Labute approximate surface area is 190 Å². The molecule has 9 nitrogen and oxygen atoms in total. The number of nitrogens with one attached hydrogen (secondary N) is 2. The molecule has 12 heteroatoms. The molecule has 0 saturated heterocycles. The van der Waals surface area contributed by atoms with Crippen LogP contribution in [0.25, 0.3) is 43.5 Å². The van der Waals surface area contributed by atoms with Crippen molar-refractivity contribution in [1.82, 2.24) is 15.0 Å². The van der Waals surface area contributed by atoms with E-state index in [1.165, 1.54) is 0 Å². The predicted octanol–water partition coefficient (Wildman–Crippen LogP) is -0.188. The molecule has 31 heavy (non-hydrogen) atoms. The molecule has 0 aliphatic carbocycles. The van der Waals surface area contributed by atoms with Crippen LogP contribution < -0.4 is 23.6 Å². The van der Waals surface area contributed by atoms with Crippen molar-refractivity contribution in [3.8, 4) is 10.7 Å². The number of aliphatic hydroxyl groups is 1. The molecule has 0 spiro atoms. The summed E-state index contributed by atoms with van der Waals surface area (Å²) < 4.78 is 35.1. The first-order chi connectivity index (χ1) is 14.7. The van der Waals surface area contributed by atoms with Crippen LogP contribution >= 0.6 is 27.3 Å². The van der Waals surface area contributed by atoms with Gasteiger partial charge >= 0.3 is 0 Å². The van der Waals surface area contributed by atoms with Gasteiger partial charge in [0.1, 0.15) is 16.9 Å². The average Bonchev–Trinajstić information content (AvgIpc) is 3.34. The number of nitrogens with zero attached hydrogens (tertiary/aromatic N) is 2. The SMILES string of the molecule is Brc1ccc(-c2nc3c4ccc[nH+]c4c4ncccc4c3[nH]2)s1.CCO.[O-][Cl+3]([O-])([O-])[O-]. The summed E-state index contributed by atoms with van der Waals surface area (Å²) in [5.74, 6) is 0.886. The van der Waals surface area contributed by atoms with Crippen molar-refractivity contribution in [1.29, 1.82) is 0 Å². The third-order valence-electron chi connectivity index (χ3n) is 3.94. The number of halogens is 2. The van der Waals surface area contributed by atoms with E-state index in [0.29, 0.717) is 0 Å². The summed E-state index contributed by atoms with van der Waals surface area (Å²) in [6.07, 6.45) is 3.74. The molecule has 0 unspecified atom stereocenters. The molecule has 5 rings (SSSR count). The second-order valence-electron chi connectivity index (χ2n) is 5.97. The van der Waals surface area contributed by atoms with Gasteiger partial charge in [0.15, 0.2) is 6.20 Å². The Morgan fingerprint density at radius 2 is 1.77 bits per heavy atom. The Hall–Kier alpha value is -2.22. The van der Waals surface area contributed by atoms with E-state index in [0.717, 1.165) is 47.3 Å². The molecule has 0 fully saturated rings. The highest BCUT2D eigenvalue weighted by atomic mass is 79.9. The van der Waals surface area contributed by atoms with Crippen molar-refractivity contribution < 1.29 is 39.0 Å². The van der Waals surface area contributed by atoms with Gasteiger partial charge in [-0.1, -0.05) is 0 Å². The van der Waals surface area contributed by atoms with Crippen molar-refractivity contribution in [2.75, 3.05) is 6.61 Å². The lowest BCUT2D eigenvalue weighted by molar-refractivity contribution is -2.00. The molecule has 0 radical (unpaired) electrons. The molecule has 0 saturated carbocycles. The summed E-state index contributed by atoms with van der Waals surface area (Å²) in [6.45, 7) is 1.93. The molecule has 0 aliphatic rings. The Morgan fingerprint density at radius 1 is 1.10 bits per heavy atom. The molecule has 1 aromatic carbocycles. The number of rotatable bonds is 1. The van der Waals surface area contributed by atoms with Crippen molar-refractivity contribution in [3.63, 3.8) is 0 Å². The summed E-state index contributed by atoms with van der Waals surface area (Å²) in [5, 5.41) is 9.72. The van der Waals surface area contributed by atoms with Crippen molar-refractivity contribution in [3.05, 3.63) is 52.6 Å². The molecule has 162 valence electrons. The Bertz CT molecular complexity index is 1240. The van der Waals surface area contributed by atoms with Gasteiger partial charge in [0.05, 0.1) is 19.6 Å². The molecule has 0 atom stereocenters. The van der Waals surface area contributed by atoms with Crippen LogP contribution in [-0.2, 0) is 0 Å². The van der Waals surface area contributed by atoms with Gasteiger partial charge in [-0.15, -0.1) is 21.6 Å². The fourth-order valence-electron chi connectivity index (χ4n) is 2.96. The minimum atomic E-state index is -4.94. The second-order valence-corrected chi connectivity index (χ2v) is 9.18. The smallest absolute Gasteiger partial charge is 0.239 e. The number of aromatic nitrogens is 4. The highest BCUT2D eigenvalue weighted by molar-refractivity contribution is 9.11. The monoisotopic (exact) mass is 526 g/mol. The minimum Gasteiger partial charge on any atom is -0.397 e. The Balaban J connectivity index is 0.000000297. The van der Waals surface area contributed by atoms with E-state index in [1.807, 2.05) is 30.6 Å². The normalized spacial score (nSPS) is 11.2. The molecule has 4 heterocycles. The summed E-state index contributed by atoms with van der Waals surface area (Å²) >= 11 is 5.18. The number of benzene rings is 1. The van der Waals surface area contributed by atoms with E-state index >= 15 is 0 Å². The number of thiophene rings is 1. The molecule has 5 aromatic rings. The van der Waals surface area contributed by atoms with E-state index in [9.17, 15) is 0 Å². The van der Waals surface area contributed by atoms with Crippen molar-refractivity contribution >= 4 is 60.1 Å². The van der Waals surface area contributed by atoms with Gasteiger partial charge in [0, 0.05) is 24.3 Å². The highest BCUT2D eigenvalue weighted by Gasteiger charge is 2.18. The minimum absolute atomic E-state index is 0.250. The van der Waals surface area contributed by atoms with Crippen LogP contribution in [0.3, 0.4) is 0 Å². The zero-order valence-electron chi connectivity index (χ0n) is 16.0. The van der Waals surface area contributed by atoms with Crippen LogP contribution in [0.1, 0.15) is 6.92 Å². The molecular weight excluding hydrogens is 512 g/mol. The number of aromatic amines is 2. The zero-order valence-corrected chi connectivity index (χ0v) is 19.1. The predicted molar refractivity (Wildman–Crippen MR) is 109 cm³/mol. The zero-order chi connectivity index (χ0) is 22.6. The number of pyridine rings is 2. The molecule has 3 N–H and O–H groups in total. The number of hydrogen-bond donors (Lipinski definition) is 2. The third-order valence-corrected chi connectivity index (χ3v) is 5.57. The standard InChI is InChI=1S/C17H9BrN4S.C2H6O.ClHO4/c18-12-6-5-11(23-12)17-21-15-9-3-1-7-19-13(9)14-10(16(15)22-17)4-2-8-20-14;1-2-3;2-1(3,4)5/h1-8H,(H,21,22);3H,2H2,1H3;(H,2,3,4,5). The van der Waals surface area contributed by atoms with Crippen LogP contribution in [0.15, 0.2) is 52.6 Å². The number of H-pyrrole nitrogens is 2. The Morgan fingerprint density at radius 3 is 2.42 bits per heavy atom. The van der Waals surface area contributed by atoms with E-state index in [1.54, 1.807) is 18.3 Å². The molecule has 4 aromatic heterocycles. The van der Waals surface area contributed by atoms with Crippen LogP contribution in [0.2, 0.25) is 0 Å². The fraction of sp³-hybridized carbons (Fsp3) is 0.105. The summed E-state index contributed by atoms with van der Waals surface area (Å²) in [7, 11) is -4.94. The molecular formula is C19H16BrClN4O5S.